The lowest BCUT2D eigenvalue weighted by molar-refractivity contribution is -0.119. The van der Waals surface area contributed by atoms with Crippen LogP contribution >= 0.6 is 23.4 Å². The number of thioether (sulfide) groups is 1. The molecule has 0 radical (unpaired) electrons. The van der Waals surface area contributed by atoms with Crippen LogP contribution < -0.4 is 5.32 Å². The first-order valence-electron chi connectivity index (χ1n) is 8.85. The van der Waals surface area contributed by atoms with E-state index in [-0.39, 0.29) is 11.9 Å². The average molecular weight is 396 g/mol. The van der Waals surface area contributed by atoms with Crippen molar-refractivity contribution in [2.75, 3.05) is 5.75 Å². The molecule has 0 aliphatic heterocycles. The Labute approximate surface area is 170 Å². The molecule has 0 spiro atoms. The van der Waals surface area contributed by atoms with Gasteiger partial charge < -0.3 is 5.32 Å². The van der Waals surface area contributed by atoms with E-state index in [2.05, 4.69) is 36.5 Å². The van der Waals surface area contributed by atoms with Gasteiger partial charge in [-0.15, -0.1) is 11.8 Å². The normalized spacial score (nSPS) is 11.8. The molecule has 27 heavy (non-hydrogen) atoms. The fourth-order valence-corrected chi connectivity index (χ4v) is 3.87. The van der Waals surface area contributed by atoms with Crippen molar-refractivity contribution in [1.29, 1.82) is 0 Å². The quantitative estimate of drug-likeness (QED) is 0.548. The highest BCUT2D eigenvalue weighted by molar-refractivity contribution is 7.99. The molecule has 0 fully saturated rings. The van der Waals surface area contributed by atoms with Crippen LogP contribution in [0.1, 0.15) is 28.3 Å². The third-order valence-electron chi connectivity index (χ3n) is 4.35. The number of carbonyl (C=O) groups excluding carboxylic acids is 1. The van der Waals surface area contributed by atoms with Crippen molar-refractivity contribution in [1.82, 2.24) is 5.32 Å². The molecule has 1 N–H and O–H groups in total. The van der Waals surface area contributed by atoms with Crippen LogP contribution in [0.5, 0.6) is 0 Å². The second-order valence-electron chi connectivity index (χ2n) is 6.39. The molecule has 0 saturated heterocycles. The van der Waals surface area contributed by atoms with Gasteiger partial charge in [-0.05, 0) is 41.3 Å². The molecule has 0 aromatic heterocycles. The summed E-state index contributed by atoms with van der Waals surface area (Å²) in [4.78, 5) is 12.6. The fourth-order valence-electron chi connectivity index (χ4n) is 2.94. The van der Waals surface area contributed by atoms with E-state index in [1.54, 1.807) is 11.8 Å². The molecule has 1 amide bonds. The molecule has 0 heterocycles. The third-order valence-corrected chi connectivity index (χ3v) is 5.61. The maximum absolute atomic E-state index is 12.6. The van der Waals surface area contributed by atoms with E-state index >= 15 is 0 Å². The largest absolute Gasteiger partial charge is 0.344 e. The molecule has 138 valence electrons. The monoisotopic (exact) mass is 395 g/mol. The number of hydrogen-bond donors (Lipinski definition) is 1. The van der Waals surface area contributed by atoms with Crippen molar-refractivity contribution in [3.05, 3.63) is 106 Å². The molecule has 0 saturated carbocycles. The van der Waals surface area contributed by atoms with Gasteiger partial charge in [0.25, 0.3) is 0 Å². The predicted octanol–water partition coefficient (Wildman–Crippen LogP) is 5.79. The van der Waals surface area contributed by atoms with E-state index in [1.165, 1.54) is 5.56 Å². The molecule has 2 nitrogen and oxygen atoms in total. The molecule has 3 aromatic carbocycles. The summed E-state index contributed by atoms with van der Waals surface area (Å²) in [5.41, 5.74) is 4.54. The van der Waals surface area contributed by atoms with Gasteiger partial charge in [0.05, 0.1) is 11.8 Å². The first-order valence-corrected chi connectivity index (χ1v) is 10.4. The van der Waals surface area contributed by atoms with E-state index < -0.39 is 0 Å². The first-order chi connectivity index (χ1) is 13.1. The summed E-state index contributed by atoms with van der Waals surface area (Å²) in [5.74, 6) is 1.23. The summed E-state index contributed by atoms with van der Waals surface area (Å²) in [6, 6.07) is 25.9. The number of benzene rings is 3. The highest BCUT2D eigenvalue weighted by atomic mass is 35.5. The van der Waals surface area contributed by atoms with Crippen molar-refractivity contribution in [3.8, 4) is 0 Å². The second kappa shape index (κ2) is 9.63. The number of halogens is 1. The van der Waals surface area contributed by atoms with Crippen molar-refractivity contribution in [2.24, 2.45) is 0 Å². The number of aryl methyl sites for hydroxylation is 1. The molecule has 4 heteroatoms. The summed E-state index contributed by atoms with van der Waals surface area (Å²) in [6.45, 7) is 2.08. The lowest BCUT2D eigenvalue weighted by Crippen LogP contribution is -2.31. The molecule has 1 atom stereocenters. The van der Waals surface area contributed by atoms with Gasteiger partial charge in [-0.3, -0.25) is 4.79 Å². The van der Waals surface area contributed by atoms with Gasteiger partial charge in [-0.1, -0.05) is 78.3 Å². The van der Waals surface area contributed by atoms with Crippen molar-refractivity contribution < 1.29 is 4.79 Å². The van der Waals surface area contributed by atoms with Crippen LogP contribution in [0.3, 0.4) is 0 Å². The highest BCUT2D eigenvalue weighted by Crippen LogP contribution is 2.25. The SMILES string of the molecule is Cc1ccccc1C(NC(=O)CSCc1ccc(Cl)cc1)c1ccccc1. The van der Waals surface area contributed by atoms with Crippen molar-refractivity contribution in [2.45, 2.75) is 18.7 Å². The molecular weight excluding hydrogens is 374 g/mol. The number of hydrogen-bond acceptors (Lipinski definition) is 2. The lowest BCUT2D eigenvalue weighted by atomic mass is 9.95. The minimum atomic E-state index is -0.143. The Balaban J connectivity index is 1.66. The zero-order valence-corrected chi connectivity index (χ0v) is 16.8. The predicted molar refractivity (Wildman–Crippen MR) is 115 cm³/mol. The lowest BCUT2D eigenvalue weighted by Gasteiger charge is -2.21. The van der Waals surface area contributed by atoms with Gasteiger partial charge in [0, 0.05) is 10.8 Å². The third kappa shape index (κ3) is 5.62. The van der Waals surface area contributed by atoms with Crippen LogP contribution in [0.15, 0.2) is 78.9 Å². The zero-order valence-electron chi connectivity index (χ0n) is 15.2. The number of nitrogens with one attached hydrogen (secondary N) is 1. The first kappa shape index (κ1) is 19.5. The number of amides is 1. The Morgan fingerprint density at radius 1 is 0.963 bits per heavy atom. The zero-order chi connectivity index (χ0) is 19.1. The van der Waals surface area contributed by atoms with Crippen LogP contribution in [0.4, 0.5) is 0 Å². The summed E-state index contributed by atoms with van der Waals surface area (Å²) >= 11 is 7.51. The van der Waals surface area contributed by atoms with Gasteiger partial charge in [-0.2, -0.15) is 0 Å². The van der Waals surface area contributed by atoms with Crippen LogP contribution in [-0.4, -0.2) is 11.7 Å². The molecule has 0 bridgehead atoms. The minimum absolute atomic E-state index is 0.0334. The van der Waals surface area contributed by atoms with Crippen LogP contribution in [0, 0.1) is 6.92 Å². The van der Waals surface area contributed by atoms with Crippen LogP contribution in [-0.2, 0) is 10.5 Å². The maximum atomic E-state index is 12.6. The van der Waals surface area contributed by atoms with Crippen molar-refractivity contribution in [3.63, 3.8) is 0 Å². The summed E-state index contributed by atoms with van der Waals surface area (Å²) < 4.78 is 0. The molecular formula is C23H22ClNOS. The van der Waals surface area contributed by atoms with Gasteiger partial charge in [0.2, 0.25) is 5.91 Å². The second-order valence-corrected chi connectivity index (χ2v) is 7.81. The summed E-state index contributed by atoms with van der Waals surface area (Å²) in [5, 5.41) is 3.93. The maximum Gasteiger partial charge on any atom is 0.230 e. The number of carbonyl (C=O) groups is 1. The van der Waals surface area contributed by atoms with Gasteiger partial charge >= 0.3 is 0 Å². The minimum Gasteiger partial charge on any atom is -0.344 e. The Hall–Kier alpha value is -2.23. The molecule has 1 unspecified atom stereocenters. The summed E-state index contributed by atoms with van der Waals surface area (Å²) in [7, 11) is 0. The number of rotatable bonds is 7. The standard InChI is InChI=1S/C23H22ClNOS/c1-17-7-5-6-10-21(17)23(19-8-3-2-4-9-19)25-22(26)16-27-15-18-11-13-20(24)14-12-18/h2-14,23H,15-16H2,1H3,(H,25,26). The summed E-state index contributed by atoms with van der Waals surface area (Å²) in [6.07, 6.45) is 0. The van der Waals surface area contributed by atoms with Crippen LogP contribution in [0.2, 0.25) is 5.02 Å². The van der Waals surface area contributed by atoms with E-state index in [0.717, 1.165) is 27.5 Å². The van der Waals surface area contributed by atoms with E-state index in [1.807, 2.05) is 54.6 Å². The molecule has 3 aromatic rings. The van der Waals surface area contributed by atoms with E-state index in [0.29, 0.717) is 5.75 Å². The van der Waals surface area contributed by atoms with Crippen molar-refractivity contribution >= 4 is 29.3 Å². The van der Waals surface area contributed by atoms with Gasteiger partial charge in [-0.25, -0.2) is 0 Å². The fraction of sp³-hybridized carbons (Fsp3) is 0.174. The van der Waals surface area contributed by atoms with Gasteiger partial charge in [0.1, 0.15) is 0 Å². The Kier molecular flexibility index (Phi) is 6.97. The van der Waals surface area contributed by atoms with Crippen LogP contribution in [0.25, 0.3) is 0 Å². The molecule has 0 aliphatic rings. The average Bonchev–Trinajstić information content (AvgIpc) is 2.69. The Morgan fingerprint density at radius 3 is 2.33 bits per heavy atom. The van der Waals surface area contributed by atoms with E-state index in [9.17, 15) is 4.79 Å². The Morgan fingerprint density at radius 2 is 1.63 bits per heavy atom. The smallest absolute Gasteiger partial charge is 0.230 e. The highest BCUT2D eigenvalue weighted by Gasteiger charge is 2.18. The molecule has 3 rings (SSSR count). The van der Waals surface area contributed by atoms with E-state index in [4.69, 9.17) is 11.6 Å². The van der Waals surface area contributed by atoms with Gasteiger partial charge in [0.15, 0.2) is 0 Å². The molecule has 0 aliphatic carbocycles. The topological polar surface area (TPSA) is 29.1 Å². The Bertz CT molecular complexity index is 880.